The van der Waals surface area contributed by atoms with Crippen LogP contribution in [0.1, 0.15) is 20.3 Å². The van der Waals surface area contributed by atoms with Crippen LogP contribution in [-0.2, 0) is 0 Å². The van der Waals surface area contributed by atoms with E-state index in [4.69, 9.17) is 0 Å². The minimum atomic E-state index is -0.691. The van der Waals surface area contributed by atoms with Crippen molar-refractivity contribution < 1.29 is 10.2 Å². The van der Waals surface area contributed by atoms with Crippen LogP contribution in [0.5, 0.6) is 5.75 Å². The number of aromatic nitrogens is 4. The molecule has 0 aliphatic heterocycles. The second-order valence-electron chi connectivity index (χ2n) is 4.80. The first-order valence-electron chi connectivity index (χ1n) is 5.89. The van der Waals surface area contributed by atoms with Crippen molar-refractivity contribution in [2.24, 2.45) is 0 Å². The number of nitrogens with zero attached hydrogens (tertiary/aromatic N) is 4. The topological polar surface area (TPSA) is 84.1 Å². The van der Waals surface area contributed by atoms with Crippen molar-refractivity contribution in [3.05, 3.63) is 24.3 Å². The number of tetrazole rings is 1. The highest BCUT2D eigenvalue weighted by molar-refractivity contribution is 7.99. The Balaban J connectivity index is 2.07. The number of thioether (sulfide) groups is 1. The lowest BCUT2D eigenvalue weighted by Crippen LogP contribution is -2.19. The van der Waals surface area contributed by atoms with Crippen LogP contribution in [0.4, 0.5) is 0 Å². The SMILES string of the molecule is CC(C)(O)CCSc1nnnn1-c1ccc(O)cc1. The van der Waals surface area contributed by atoms with E-state index in [1.807, 2.05) is 0 Å². The van der Waals surface area contributed by atoms with Crippen LogP contribution in [0.15, 0.2) is 29.4 Å². The molecular formula is C12H16N4O2S. The fourth-order valence-corrected chi connectivity index (χ4v) is 2.56. The first kappa shape index (κ1) is 13.8. The zero-order chi connectivity index (χ0) is 13.9. The lowest BCUT2D eigenvalue weighted by Gasteiger charge is -2.15. The second kappa shape index (κ2) is 5.58. The Morgan fingerprint density at radius 3 is 2.58 bits per heavy atom. The number of benzene rings is 1. The maximum Gasteiger partial charge on any atom is 0.214 e. The highest BCUT2D eigenvalue weighted by atomic mass is 32.2. The molecule has 0 saturated heterocycles. The van der Waals surface area contributed by atoms with Crippen molar-refractivity contribution in [3.63, 3.8) is 0 Å². The zero-order valence-electron chi connectivity index (χ0n) is 10.8. The maximum absolute atomic E-state index is 9.66. The van der Waals surface area contributed by atoms with Gasteiger partial charge in [0.05, 0.1) is 11.3 Å². The molecule has 0 bridgehead atoms. The van der Waals surface area contributed by atoms with E-state index >= 15 is 0 Å². The van der Waals surface area contributed by atoms with E-state index in [-0.39, 0.29) is 5.75 Å². The highest BCUT2D eigenvalue weighted by Gasteiger charge is 2.14. The van der Waals surface area contributed by atoms with Crippen LogP contribution in [0, 0.1) is 0 Å². The molecule has 0 fully saturated rings. The van der Waals surface area contributed by atoms with E-state index in [1.54, 1.807) is 42.8 Å². The molecule has 102 valence electrons. The molecule has 0 radical (unpaired) electrons. The molecular weight excluding hydrogens is 264 g/mol. The third-order valence-electron chi connectivity index (χ3n) is 2.48. The van der Waals surface area contributed by atoms with Gasteiger partial charge in [-0.25, -0.2) is 0 Å². The number of phenols is 1. The van der Waals surface area contributed by atoms with Gasteiger partial charge in [-0.15, -0.1) is 5.10 Å². The van der Waals surface area contributed by atoms with Gasteiger partial charge in [0.1, 0.15) is 5.75 Å². The number of hydrogen-bond acceptors (Lipinski definition) is 6. The Labute approximate surface area is 115 Å². The molecule has 6 nitrogen and oxygen atoms in total. The molecule has 1 aromatic heterocycles. The average molecular weight is 280 g/mol. The molecule has 0 saturated carbocycles. The quantitative estimate of drug-likeness (QED) is 0.810. The van der Waals surface area contributed by atoms with E-state index in [9.17, 15) is 10.2 Å². The summed E-state index contributed by atoms with van der Waals surface area (Å²) < 4.78 is 1.61. The first-order chi connectivity index (χ1) is 8.96. The van der Waals surface area contributed by atoms with Gasteiger partial charge in [-0.3, -0.25) is 0 Å². The Morgan fingerprint density at radius 2 is 1.95 bits per heavy atom. The van der Waals surface area contributed by atoms with Crippen LogP contribution in [0.25, 0.3) is 5.69 Å². The molecule has 2 aromatic rings. The van der Waals surface area contributed by atoms with Gasteiger partial charge >= 0.3 is 0 Å². The monoisotopic (exact) mass is 280 g/mol. The molecule has 7 heteroatoms. The zero-order valence-corrected chi connectivity index (χ0v) is 11.6. The predicted octanol–water partition coefficient (Wildman–Crippen LogP) is 1.62. The average Bonchev–Trinajstić information content (AvgIpc) is 2.77. The fourth-order valence-electron chi connectivity index (χ4n) is 1.42. The fraction of sp³-hybridized carbons (Fsp3) is 0.417. The van der Waals surface area contributed by atoms with Crippen LogP contribution in [0.3, 0.4) is 0 Å². The molecule has 1 aromatic carbocycles. The van der Waals surface area contributed by atoms with Crippen molar-refractivity contribution in [2.75, 3.05) is 5.75 Å². The summed E-state index contributed by atoms with van der Waals surface area (Å²) in [6.45, 7) is 3.55. The lowest BCUT2D eigenvalue weighted by molar-refractivity contribution is 0.0777. The molecule has 19 heavy (non-hydrogen) atoms. The Kier molecular flexibility index (Phi) is 4.06. The van der Waals surface area contributed by atoms with E-state index in [2.05, 4.69) is 15.5 Å². The standard InChI is InChI=1S/C12H16N4O2S/c1-12(2,18)7-8-19-11-13-14-15-16(11)9-3-5-10(17)6-4-9/h3-6,17-18H,7-8H2,1-2H3. The first-order valence-corrected chi connectivity index (χ1v) is 6.87. The highest BCUT2D eigenvalue weighted by Crippen LogP contribution is 2.22. The summed E-state index contributed by atoms with van der Waals surface area (Å²) in [4.78, 5) is 0. The second-order valence-corrected chi connectivity index (χ2v) is 5.86. The Morgan fingerprint density at radius 1 is 1.26 bits per heavy atom. The molecule has 2 rings (SSSR count). The predicted molar refractivity (Wildman–Crippen MR) is 72.5 cm³/mol. The minimum Gasteiger partial charge on any atom is -0.508 e. The molecule has 2 N–H and O–H groups in total. The summed E-state index contributed by atoms with van der Waals surface area (Å²) >= 11 is 1.48. The maximum atomic E-state index is 9.66. The summed E-state index contributed by atoms with van der Waals surface area (Å²) in [5.41, 5.74) is 0.0950. The van der Waals surface area contributed by atoms with Gasteiger partial charge < -0.3 is 10.2 Å². The third kappa shape index (κ3) is 3.93. The molecule has 0 amide bonds. The van der Waals surface area contributed by atoms with Gasteiger partial charge in [0.15, 0.2) is 0 Å². The van der Waals surface area contributed by atoms with Gasteiger partial charge in [-0.05, 0) is 55.0 Å². The summed E-state index contributed by atoms with van der Waals surface area (Å²) in [5.74, 6) is 0.926. The number of aromatic hydroxyl groups is 1. The smallest absolute Gasteiger partial charge is 0.214 e. The van der Waals surface area contributed by atoms with Gasteiger partial charge in [-0.1, -0.05) is 11.8 Å². The van der Waals surface area contributed by atoms with Gasteiger partial charge in [0, 0.05) is 5.75 Å². The largest absolute Gasteiger partial charge is 0.508 e. The molecule has 0 aliphatic rings. The molecule has 0 aliphatic carbocycles. The number of phenolic OH excluding ortho intramolecular Hbond substituents is 1. The summed E-state index contributed by atoms with van der Waals surface area (Å²) in [6.07, 6.45) is 0.653. The van der Waals surface area contributed by atoms with E-state index in [0.29, 0.717) is 11.6 Å². The van der Waals surface area contributed by atoms with E-state index < -0.39 is 5.60 Å². The molecule has 1 heterocycles. The van der Waals surface area contributed by atoms with Crippen molar-refractivity contribution in [1.29, 1.82) is 0 Å². The van der Waals surface area contributed by atoms with Gasteiger partial charge in [0.25, 0.3) is 0 Å². The van der Waals surface area contributed by atoms with Crippen LogP contribution in [0.2, 0.25) is 0 Å². The number of rotatable bonds is 5. The lowest BCUT2D eigenvalue weighted by atomic mass is 10.1. The van der Waals surface area contributed by atoms with Crippen molar-refractivity contribution in [3.8, 4) is 11.4 Å². The number of hydrogen-bond donors (Lipinski definition) is 2. The van der Waals surface area contributed by atoms with Gasteiger partial charge in [-0.2, -0.15) is 4.68 Å². The minimum absolute atomic E-state index is 0.202. The summed E-state index contributed by atoms with van der Waals surface area (Å²) in [7, 11) is 0. The van der Waals surface area contributed by atoms with Crippen LogP contribution < -0.4 is 0 Å². The Hall–Kier alpha value is -1.60. The third-order valence-corrected chi connectivity index (χ3v) is 3.40. The Bertz CT molecular complexity index is 533. The van der Waals surface area contributed by atoms with Gasteiger partial charge in [0.2, 0.25) is 5.16 Å². The number of aliphatic hydroxyl groups is 1. The van der Waals surface area contributed by atoms with Crippen molar-refractivity contribution in [1.82, 2.24) is 20.2 Å². The molecule has 0 spiro atoms. The van der Waals surface area contributed by atoms with Crippen LogP contribution in [-0.4, -0.2) is 41.8 Å². The van der Waals surface area contributed by atoms with E-state index in [1.165, 1.54) is 11.8 Å². The normalized spacial score (nSPS) is 11.7. The van der Waals surface area contributed by atoms with Crippen molar-refractivity contribution in [2.45, 2.75) is 31.0 Å². The van der Waals surface area contributed by atoms with Crippen molar-refractivity contribution >= 4 is 11.8 Å². The summed E-state index contributed by atoms with van der Waals surface area (Å²) in [5, 5.41) is 31.1. The molecule has 0 atom stereocenters. The van der Waals surface area contributed by atoms with Crippen LogP contribution >= 0.6 is 11.8 Å². The molecule has 0 unspecified atom stereocenters. The van der Waals surface area contributed by atoms with E-state index in [0.717, 1.165) is 11.4 Å². The summed E-state index contributed by atoms with van der Waals surface area (Å²) in [6, 6.07) is 6.65.